The van der Waals surface area contributed by atoms with Gasteiger partial charge in [0.2, 0.25) is 0 Å². The fourth-order valence-corrected chi connectivity index (χ4v) is 3.27. The van der Waals surface area contributed by atoms with Gasteiger partial charge in [-0.3, -0.25) is 0 Å². The molecule has 3 heteroatoms. The molecule has 0 radical (unpaired) electrons. The van der Waals surface area contributed by atoms with Gasteiger partial charge in [0.05, 0.1) is 0 Å². The molecule has 90 valence electrons. The second-order valence-electron chi connectivity index (χ2n) is 3.74. The van der Waals surface area contributed by atoms with Gasteiger partial charge >= 0.3 is 0 Å². The zero-order valence-electron chi connectivity index (χ0n) is 9.59. The second kappa shape index (κ2) is 8.60. The monoisotopic (exact) mass is 364 g/mol. The number of hydrogen-bond acceptors (Lipinski definition) is 1. The maximum atomic E-state index is 3.62. The summed E-state index contributed by atoms with van der Waals surface area (Å²) in [5.41, 5.74) is 1.45. The molecule has 0 heterocycles. The van der Waals surface area contributed by atoms with Crippen LogP contribution in [-0.2, 0) is 0 Å². The smallest absolute Gasteiger partial charge is 0.0175 e. The van der Waals surface area contributed by atoms with E-state index in [1.165, 1.54) is 29.9 Å². The van der Waals surface area contributed by atoms with Gasteiger partial charge in [0.1, 0.15) is 0 Å². The molecule has 0 fully saturated rings. The molecule has 1 aromatic carbocycles. The number of alkyl halides is 1. The van der Waals surface area contributed by atoms with Crippen LogP contribution in [0.1, 0.15) is 31.2 Å². The van der Waals surface area contributed by atoms with Gasteiger partial charge in [-0.2, -0.15) is 11.8 Å². The van der Waals surface area contributed by atoms with Gasteiger partial charge in [-0.25, -0.2) is 0 Å². The second-order valence-corrected chi connectivity index (χ2v) is 6.70. The predicted octanol–water partition coefficient (Wildman–Crippen LogP) is 5.46. The molecule has 1 aromatic rings. The van der Waals surface area contributed by atoms with Crippen molar-refractivity contribution < 1.29 is 0 Å². The van der Waals surface area contributed by atoms with Crippen LogP contribution in [0.15, 0.2) is 28.7 Å². The molecular formula is C13H18Br2S. The minimum Gasteiger partial charge on any atom is -0.162 e. The van der Waals surface area contributed by atoms with Crippen molar-refractivity contribution in [1.29, 1.82) is 0 Å². The molecule has 1 atom stereocenters. The molecule has 0 aliphatic carbocycles. The van der Waals surface area contributed by atoms with Crippen molar-refractivity contribution in [2.45, 2.75) is 25.7 Å². The van der Waals surface area contributed by atoms with Crippen molar-refractivity contribution in [3.8, 4) is 0 Å². The third-order valence-corrected chi connectivity index (χ3v) is 4.87. The molecule has 1 unspecified atom stereocenters. The Bertz CT molecular complexity index is 284. The molecule has 0 aliphatic heterocycles. The van der Waals surface area contributed by atoms with Crippen molar-refractivity contribution in [3.05, 3.63) is 34.3 Å². The number of rotatable bonds is 7. The van der Waals surface area contributed by atoms with Crippen LogP contribution in [0.25, 0.3) is 0 Å². The maximum Gasteiger partial charge on any atom is 0.0175 e. The first kappa shape index (κ1) is 14.6. The van der Waals surface area contributed by atoms with Gasteiger partial charge in [-0.15, -0.1) is 0 Å². The molecule has 0 saturated carbocycles. The third-order valence-electron chi connectivity index (χ3n) is 2.57. The number of halogens is 2. The molecule has 0 aliphatic rings. The molecule has 0 aromatic heterocycles. The van der Waals surface area contributed by atoms with E-state index in [0.717, 1.165) is 9.80 Å². The van der Waals surface area contributed by atoms with Gasteiger partial charge < -0.3 is 0 Å². The Balaban J connectivity index is 2.44. The summed E-state index contributed by atoms with van der Waals surface area (Å²) in [4.78, 5) is 0. The van der Waals surface area contributed by atoms with E-state index in [1.807, 2.05) is 11.8 Å². The van der Waals surface area contributed by atoms with Crippen molar-refractivity contribution in [1.82, 2.24) is 0 Å². The van der Waals surface area contributed by atoms with Crippen molar-refractivity contribution in [3.63, 3.8) is 0 Å². The van der Waals surface area contributed by atoms with E-state index in [9.17, 15) is 0 Å². The zero-order chi connectivity index (χ0) is 11.8. The first-order chi connectivity index (χ1) is 7.77. The fourth-order valence-electron chi connectivity index (χ4n) is 1.64. The number of hydrogen-bond donors (Lipinski definition) is 0. The lowest BCUT2D eigenvalue weighted by Crippen LogP contribution is -2.01. The lowest BCUT2D eigenvalue weighted by Gasteiger charge is -2.14. The number of benzene rings is 1. The molecule has 0 bridgehead atoms. The van der Waals surface area contributed by atoms with Crippen LogP contribution in [0.3, 0.4) is 0 Å². The summed E-state index contributed by atoms with van der Waals surface area (Å²) in [6.45, 7) is 2.22. The van der Waals surface area contributed by atoms with E-state index >= 15 is 0 Å². The quantitative estimate of drug-likeness (QED) is 0.456. The van der Waals surface area contributed by atoms with Crippen LogP contribution in [0.5, 0.6) is 0 Å². The van der Waals surface area contributed by atoms with Gasteiger partial charge in [0.25, 0.3) is 0 Å². The van der Waals surface area contributed by atoms with Crippen molar-refractivity contribution in [2.24, 2.45) is 0 Å². The minimum atomic E-state index is 0.658. The highest BCUT2D eigenvalue weighted by atomic mass is 79.9. The molecular weight excluding hydrogens is 348 g/mol. The van der Waals surface area contributed by atoms with Crippen LogP contribution in [-0.4, -0.2) is 16.8 Å². The molecule has 1 rings (SSSR count). The highest BCUT2D eigenvalue weighted by Crippen LogP contribution is 2.25. The van der Waals surface area contributed by atoms with Crippen LogP contribution >= 0.6 is 43.6 Å². The third kappa shape index (κ3) is 5.24. The highest BCUT2D eigenvalue weighted by molar-refractivity contribution is 9.10. The minimum absolute atomic E-state index is 0.658. The molecule has 0 spiro atoms. The van der Waals surface area contributed by atoms with Gasteiger partial charge in [-0.1, -0.05) is 50.9 Å². The fraction of sp³-hybridized carbons (Fsp3) is 0.538. The van der Waals surface area contributed by atoms with E-state index in [1.54, 1.807) is 0 Å². The zero-order valence-corrected chi connectivity index (χ0v) is 13.6. The Hall–Kier alpha value is 0.530. The van der Waals surface area contributed by atoms with Crippen LogP contribution in [0.2, 0.25) is 0 Å². The van der Waals surface area contributed by atoms with Gasteiger partial charge in [0, 0.05) is 9.80 Å². The maximum absolute atomic E-state index is 3.62. The lowest BCUT2D eigenvalue weighted by atomic mass is 9.97. The summed E-state index contributed by atoms with van der Waals surface area (Å²) in [7, 11) is 0. The van der Waals surface area contributed by atoms with E-state index in [-0.39, 0.29) is 0 Å². The lowest BCUT2D eigenvalue weighted by molar-refractivity contribution is 0.681. The first-order valence-corrected chi connectivity index (χ1v) is 8.74. The Labute approximate surface area is 120 Å². The van der Waals surface area contributed by atoms with E-state index in [2.05, 4.69) is 63.0 Å². The predicted molar refractivity (Wildman–Crippen MR) is 82.9 cm³/mol. The Morgan fingerprint density at radius 2 is 1.94 bits per heavy atom. The summed E-state index contributed by atoms with van der Waals surface area (Å²) in [5.74, 6) is 3.18. The summed E-state index contributed by atoms with van der Waals surface area (Å²) in [6, 6.07) is 8.71. The molecule has 0 saturated heterocycles. The van der Waals surface area contributed by atoms with Crippen LogP contribution in [0, 0.1) is 0 Å². The standard InChI is InChI=1S/C13H18Br2S/c1-2-16-9-3-4-12(10-14)11-5-7-13(15)8-6-11/h5-8,12H,2-4,9-10H2,1H3. The SMILES string of the molecule is CCSCCCC(CBr)c1ccc(Br)cc1. The first-order valence-electron chi connectivity index (χ1n) is 5.67. The normalized spacial score (nSPS) is 12.7. The van der Waals surface area contributed by atoms with Gasteiger partial charge in [-0.05, 0) is 48.0 Å². The van der Waals surface area contributed by atoms with E-state index < -0.39 is 0 Å². The van der Waals surface area contributed by atoms with E-state index in [0.29, 0.717) is 5.92 Å². The summed E-state index contributed by atoms with van der Waals surface area (Å²) in [5, 5.41) is 1.06. The Morgan fingerprint density at radius 1 is 1.25 bits per heavy atom. The van der Waals surface area contributed by atoms with E-state index in [4.69, 9.17) is 0 Å². The van der Waals surface area contributed by atoms with Crippen LogP contribution < -0.4 is 0 Å². The van der Waals surface area contributed by atoms with Crippen molar-refractivity contribution >= 4 is 43.6 Å². The summed E-state index contributed by atoms with van der Waals surface area (Å²) >= 11 is 9.13. The van der Waals surface area contributed by atoms with Gasteiger partial charge in [0.15, 0.2) is 0 Å². The molecule has 16 heavy (non-hydrogen) atoms. The average Bonchev–Trinajstić information content (AvgIpc) is 2.31. The molecule has 0 amide bonds. The summed E-state index contributed by atoms with van der Waals surface area (Å²) < 4.78 is 1.16. The number of thioether (sulfide) groups is 1. The average molecular weight is 366 g/mol. The highest BCUT2D eigenvalue weighted by Gasteiger charge is 2.09. The molecule has 0 N–H and O–H groups in total. The van der Waals surface area contributed by atoms with Crippen molar-refractivity contribution in [2.75, 3.05) is 16.8 Å². The summed E-state index contributed by atoms with van der Waals surface area (Å²) in [6.07, 6.45) is 2.59. The topological polar surface area (TPSA) is 0 Å². The van der Waals surface area contributed by atoms with Crippen LogP contribution in [0.4, 0.5) is 0 Å². The largest absolute Gasteiger partial charge is 0.162 e. The Kier molecular flexibility index (Phi) is 7.84. The molecule has 0 nitrogen and oxygen atoms in total. The Morgan fingerprint density at radius 3 is 2.50 bits per heavy atom.